The van der Waals surface area contributed by atoms with Gasteiger partial charge < -0.3 is 15.1 Å². The summed E-state index contributed by atoms with van der Waals surface area (Å²) in [5, 5.41) is 19.4. The van der Waals surface area contributed by atoms with E-state index in [2.05, 4.69) is 32.4 Å². The highest BCUT2D eigenvalue weighted by Crippen LogP contribution is 2.32. The summed E-state index contributed by atoms with van der Waals surface area (Å²) < 4.78 is 14.2. The van der Waals surface area contributed by atoms with E-state index in [1.165, 1.54) is 12.1 Å². The zero-order valence-electron chi connectivity index (χ0n) is 17.4. The van der Waals surface area contributed by atoms with Crippen LogP contribution < -0.4 is 10.2 Å². The van der Waals surface area contributed by atoms with Crippen LogP contribution in [0, 0.1) is 24.1 Å². The van der Waals surface area contributed by atoms with Gasteiger partial charge in [0.2, 0.25) is 5.91 Å². The number of nitrogens with one attached hydrogen (secondary N) is 2. The van der Waals surface area contributed by atoms with Crippen molar-refractivity contribution in [1.82, 2.24) is 15.1 Å². The van der Waals surface area contributed by atoms with Crippen molar-refractivity contribution in [2.45, 2.75) is 6.92 Å². The van der Waals surface area contributed by atoms with Gasteiger partial charge in [0.1, 0.15) is 11.9 Å². The number of amides is 1. The predicted octanol–water partition coefficient (Wildman–Crippen LogP) is 3.29. The summed E-state index contributed by atoms with van der Waals surface area (Å²) in [5.74, 6) is -0.693. The Labute approximate surface area is 179 Å². The number of hydrogen-bond donors (Lipinski definition) is 2. The first-order chi connectivity index (χ1) is 15.0. The highest BCUT2D eigenvalue weighted by molar-refractivity contribution is 6.04. The molecule has 1 fully saturated rings. The smallest absolute Gasteiger partial charge is 0.248 e. The third-order valence-corrected chi connectivity index (χ3v) is 5.59. The first-order valence-corrected chi connectivity index (χ1v) is 10.1. The molecular formula is C23H23FN6O. The van der Waals surface area contributed by atoms with Gasteiger partial charge in [-0.05, 0) is 49.9 Å². The lowest BCUT2D eigenvalue weighted by Crippen LogP contribution is -2.44. The third kappa shape index (κ3) is 4.27. The number of aromatic amines is 1. The zero-order chi connectivity index (χ0) is 22.0. The van der Waals surface area contributed by atoms with E-state index in [0.717, 1.165) is 48.3 Å². The van der Waals surface area contributed by atoms with Gasteiger partial charge in [0.05, 0.1) is 16.9 Å². The van der Waals surface area contributed by atoms with Crippen LogP contribution in [0.3, 0.4) is 0 Å². The number of aromatic nitrogens is 2. The van der Waals surface area contributed by atoms with Crippen LogP contribution in [0.5, 0.6) is 0 Å². The summed E-state index contributed by atoms with van der Waals surface area (Å²) in [4.78, 5) is 17.1. The first kappa shape index (κ1) is 20.6. The van der Waals surface area contributed by atoms with Crippen LogP contribution in [0.1, 0.15) is 16.8 Å². The molecule has 1 amide bonds. The van der Waals surface area contributed by atoms with Gasteiger partial charge in [0.25, 0.3) is 0 Å². The molecule has 0 aliphatic carbocycles. The highest BCUT2D eigenvalue weighted by Gasteiger charge is 2.20. The summed E-state index contributed by atoms with van der Waals surface area (Å²) in [6.07, 6.45) is 3.09. The van der Waals surface area contributed by atoms with Crippen molar-refractivity contribution in [3.8, 4) is 6.07 Å². The average Bonchev–Trinajstić information content (AvgIpc) is 3.19. The predicted molar refractivity (Wildman–Crippen MR) is 119 cm³/mol. The zero-order valence-corrected chi connectivity index (χ0v) is 17.4. The monoisotopic (exact) mass is 418 g/mol. The Morgan fingerprint density at radius 2 is 2.03 bits per heavy atom. The Bertz CT molecular complexity index is 1200. The molecule has 1 aromatic heterocycles. The van der Waals surface area contributed by atoms with E-state index < -0.39 is 0 Å². The van der Waals surface area contributed by atoms with E-state index in [-0.39, 0.29) is 11.7 Å². The number of fused-ring (bicyclic) bond motifs is 1. The Kier molecular flexibility index (Phi) is 5.69. The third-order valence-electron chi connectivity index (χ3n) is 5.59. The van der Waals surface area contributed by atoms with Crippen molar-refractivity contribution in [3.05, 3.63) is 59.0 Å². The Hall–Kier alpha value is -3.70. The van der Waals surface area contributed by atoms with Gasteiger partial charge in [-0.3, -0.25) is 9.89 Å². The largest absolute Gasteiger partial charge is 0.367 e. The number of H-pyrrole nitrogens is 1. The lowest BCUT2D eigenvalue weighted by atomic mass is 10.1. The number of halogens is 1. The van der Waals surface area contributed by atoms with Crippen molar-refractivity contribution in [2.75, 3.05) is 43.4 Å². The molecule has 0 atom stereocenters. The van der Waals surface area contributed by atoms with Crippen LogP contribution in [0.4, 0.5) is 15.8 Å². The van der Waals surface area contributed by atoms with Gasteiger partial charge in [-0.1, -0.05) is 6.07 Å². The van der Waals surface area contributed by atoms with Crippen molar-refractivity contribution in [2.24, 2.45) is 0 Å². The summed E-state index contributed by atoms with van der Waals surface area (Å²) in [5.41, 5.74) is 3.59. The van der Waals surface area contributed by atoms with Gasteiger partial charge in [-0.25, -0.2) is 4.39 Å². The number of nitrogens with zero attached hydrogens (tertiary/aromatic N) is 4. The molecule has 1 saturated heterocycles. The van der Waals surface area contributed by atoms with Gasteiger partial charge >= 0.3 is 0 Å². The molecule has 158 valence electrons. The number of hydrogen-bond acceptors (Lipinski definition) is 5. The molecule has 7 nitrogen and oxygen atoms in total. The minimum atomic E-state index is -0.352. The average molecular weight is 418 g/mol. The minimum absolute atomic E-state index is 0.335. The topological polar surface area (TPSA) is 88.0 Å². The Morgan fingerprint density at radius 1 is 1.26 bits per heavy atom. The molecule has 2 aromatic carbocycles. The van der Waals surface area contributed by atoms with E-state index >= 15 is 0 Å². The molecule has 3 aromatic rings. The molecule has 1 aliphatic heterocycles. The van der Waals surface area contributed by atoms with Crippen LogP contribution in [-0.2, 0) is 4.79 Å². The van der Waals surface area contributed by atoms with Crippen molar-refractivity contribution in [1.29, 1.82) is 5.26 Å². The fraction of sp³-hybridized carbons (Fsp3) is 0.261. The molecule has 0 radical (unpaired) electrons. The first-order valence-electron chi connectivity index (χ1n) is 10.1. The molecular weight excluding hydrogens is 395 g/mol. The lowest BCUT2D eigenvalue weighted by molar-refractivity contribution is -0.111. The SMILES string of the molecule is Cc1c(F)ccc(N2CCN(C)CC2)c1NC(=O)/C=C/c1ccc2c(C#N)n[nH]c2c1. The number of piperazine rings is 1. The molecule has 4 rings (SSSR count). The number of carbonyl (C=O) groups is 1. The van der Waals surface area contributed by atoms with Crippen molar-refractivity contribution < 1.29 is 9.18 Å². The maximum absolute atomic E-state index is 14.2. The van der Waals surface area contributed by atoms with E-state index in [4.69, 9.17) is 5.26 Å². The lowest BCUT2D eigenvalue weighted by Gasteiger charge is -2.35. The van der Waals surface area contributed by atoms with E-state index in [9.17, 15) is 9.18 Å². The minimum Gasteiger partial charge on any atom is -0.367 e. The van der Waals surface area contributed by atoms with Crippen LogP contribution >= 0.6 is 0 Å². The van der Waals surface area contributed by atoms with Gasteiger partial charge in [-0.2, -0.15) is 10.4 Å². The number of benzene rings is 2. The van der Waals surface area contributed by atoms with Gasteiger partial charge in [0.15, 0.2) is 5.69 Å². The molecule has 0 unspecified atom stereocenters. The van der Waals surface area contributed by atoms with Gasteiger partial charge in [-0.15, -0.1) is 0 Å². The summed E-state index contributed by atoms with van der Waals surface area (Å²) in [6.45, 7) is 5.12. The second-order valence-electron chi connectivity index (χ2n) is 7.67. The van der Waals surface area contributed by atoms with Crippen LogP contribution in [0.2, 0.25) is 0 Å². The summed E-state index contributed by atoms with van der Waals surface area (Å²) in [6, 6.07) is 10.6. The Balaban J connectivity index is 1.54. The maximum atomic E-state index is 14.2. The standard InChI is InChI=1S/C23H23FN6O/c1-15-18(24)6-7-21(30-11-9-29(2)10-12-30)23(15)26-22(31)8-4-16-3-5-17-19(13-16)27-28-20(17)14-25/h3-8,13H,9-12H2,1-2H3,(H,26,31)(H,27,28)/b8-4+. The molecule has 31 heavy (non-hydrogen) atoms. The van der Waals surface area contributed by atoms with Crippen LogP contribution in [0.15, 0.2) is 36.4 Å². The molecule has 2 N–H and O–H groups in total. The van der Waals surface area contributed by atoms with Crippen molar-refractivity contribution in [3.63, 3.8) is 0 Å². The quantitative estimate of drug-likeness (QED) is 0.635. The Morgan fingerprint density at radius 3 is 2.77 bits per heavy atom. The number of rotatable bonds is 4. The number of anilines is 2. The van der Waals surface area contributed by atoms with E-state index in [0.29, 0.717) is 16.9 Å². The summed E-state index contributed by atoms with van der Waals surface area (Å²) in [7, 11) is 2.07. The molecule has 1 aliphatic rings. The molecule has 0 saturated carbocycles. The number of likely N-dealkylation sites (N-methyl/N-ethyl adjacent to an activating group) is 1. The number of carbonyl (C=O) groups excluding carboxylic acids is 1. The van der Waals surface area contributed by atoms with Crippen LogP contribution in [0.25, 0.3) is 17.0 Å². The number of nitriles is 1. The molecule has 0 spiro atoms. The fourth-order valence-electron chi connectivity index (χ4n) is 3.70. The molecule has 8 heteroatoms. The molecule has 2 heterocycles. The maximum Gasteiger partial charge on any atom is 0.248 e. The normalized spacial score (nSPS) is 14.8. The second-order valence-corrected chi connectivity index (χ2v) is 7.67. The summed E-state index contributed by atoms with van der Waals surface area (Å²) >= 11 is 0. The van der Waals surface area contributed by atoms with Crippen molar-refractivity contribution >= 4 is 34.3 Å². The fourth-order valence-corrected chi connectivity index (χ4v) is 3.70. The van der Waals surface area contributed by atoms with Crippen LogP contribution in [-0.4, -0.2) is 54.2 Å². The second kappa shape index (κ2) is 8.58. The van der Waals surface area contributed by atoms with E-state index in [1.54, 1.807) is 25.1 Å². The van der Waals surface area contributed by atoms with Gasteiger partial charge in [0, 0.05) is 43.2 Å². The highest BCUT2D eigenvalue weighted by atomic mass is 19.1. The molecule has 0 bridgehead atoms. The van der Waals surface area contributed by atoms with E-state index in [1.807, 2.05) is 18.2 Å².